The van der Waals surface area contributed by atoms with E-state index in [1.54, 1.807) is 0 Å². The van der Waals surface area contributed by atoms with Crippen molar-refractivity contribution in [2.75, 3.05) is 5.32 Å². The van der Waals surface area contributed by atoms with Gasteiger partial charge in [-0.3, -0.25) is 10.8 Å². The van der Waals surface area contributed by atoms with Gasteiger partial charge in [-0.25, -0.2) is 4.99 Å². The van der Waals surface area contributed by atoms with E-state index in [9.17, 15) is 0 Å². The molecule has 25 heavy (non-hydrogen) atoms. The van der Waals surface area contributed by atoms with E-state index in [2.05, 4.69) is 29.5 Å². The van der Waals surface area contributed by atoms with Crippen LogP contribution in [0.3, 0.4) is 0 Å². The number of thioether (sulfide) groups is 1. The third-order valence-corrected chi connectivity index (χ3v) is 5.37. The molecule has 2 aromatic carbocycles. The van der Waals surface area contributed by atoms with Gasteiger partial charge in [0.2, 0.25) is 0 Å². The molecular weight excluding hydrogens is 330 g/mol. The van der Waals surface area contributed by atoms with Gasteiger partial charge in [0.1, 0.15) is 5.84 Å². The van der Waals surface area contributed by atoms with Crippen molar-refractivity contribution in [2.45, 2.75) is 13.8 Å². The zero-order valence-corrected chi connectivity index (χ0v) is 14.7. The lowest BCUT2D eigenvalue weighted by Crippen LogP contribution is -2.14. The summed E-state index contributed by atoms with van der Waals surface area (Å²) in [5.74, 6) is 0.589. The number of aryl methyl sites for hydroxylation is 1. The minimum Gasteiger partial charge on any atom is -0.339 e. The number of fused-ring (bicyclic) bond motifs is 1. The molecule has 0 aliphatic carbocycles. The largest absolute Gasteiger partial charge is 0.339 e. The molecule has 0 saturated heterocycles. The number of benzene rings is 2. The monoisotopic (exact) mass is 347 g/mol. The number of nitrogens with zero attached hydrogens (tertiary/aromatic N) is 1. The quantitative estimate of drug-likeness (QED) is 0.627. The highest BCUT2D eigenvalue weighted by atomic mass is 32.2. The Morgan fingerprint density at radius 1 is 1.04 bits per heavy atom. The Morgan fingerprint density at radius 2 is 1.80 bits per heavy atom. The van der Waals surface area contributed by atoms with Crippen LogP contribution in [0.5, 0.6) is 0 Å². The molecule has 0 fully saturated rings. The molecule has 0 amide bonds. The van der Waals surface area contributed by atoms with Crippen molar-refractivity contribution in [1.29, 1.82) is 10.8 Å². The van der Waals surface area contributed by atoms with Crippen LogP contribution in [-0.4, -0.2) is 16.8 Å². The fourth-order valence-corrected chi connectivity index (χ4v) is 3.86. The lowest BCUT2D eigenvalue weighted by atomic mass is 9.97. The molecule has 4 N–H and O–H groups in total. The summed E-state index contributed by atoms with van der Waals surface area (Å²) < 4.78 is 0. The lowest BCUT2D eigenvalue weighted by molar-refractivity contribution is 1.28. The number of anilines is 1. The van der Waals surface area contributed by atoms with Crippen LogP contribution in [0.4, 0.5) is 5.69 Å². The number of hydrogen-bond acceptors (Lipinski definition) is 4. The number of amidine groups is 3. The molecule has 2 aromatic rings. The second-order valence-electron chi connectivity index (χ2n) is 5.99. The maximum absolute atomic E-state index is 8.28. The summed E-state index contributed by atoms with van der Waals surface area (Å²) >= 11 is 1.43. The van der Waals surface area contributed by atoms with Crippen LogP contribution >= 0.6 is 11.8 Å². The van der Waals surface area contributed by atoms with E-state index < -0.39 is 0 Å². The van der Waals surface area contributed by atoms with Crippen molar-refractivity contribution in [2.24, 2.45) is 4.99 Å². The minimum atomic E-state index is 0.215. The molecule has 0 saturated carbocycles. The van der Waals surface area contributed by atoms with Gasteiger partial charge in [-0.1, -0.05) is 30.3 Å². The van der Waals surface area contributed by atoms with Gasteiger partial charge in [-0.05, 0) is 48.9 Å². The molecule has 0 bridgehead atoms. The zero-order chi connectivity index (χ0) is 17.6. The Morgan fingerprint density at radius 3 is 2.56 bits per heavy atom. The maximum atomic E-state index is 8.28. The van der Waals surface area contributed by atoms with E-state index in [1.165, 1.54) is 17.3 Å². The highest BCUT2D eigenvalue weighted by molar-refractivity contribution is 8.19. The summed E-state index contributed by atoms with van der Waals surface area (Å²) in [6, 6.07) is 13.8. The van der Waals surface area contributed by atoms with Crippen molar-refractivity contribution in [3.8, 4) is 0 Å². The molecule has 2 heterocycles. The third-order valence-electron chi connectivity index (χ3n) is 4.38. The van der Waals surface area contributed by atoms with Crippen LogP contribution in [0, 0.1) is 24.7 Å². The third kappa shape index (κ3) is 2.64. The summed E-state index contributed by atoms with van der Waals surface area (Å²) in [5.41, 5.74) is 5.94. The van der Waals surface area contributed by atoms with Gasteiger partial charge in [0.25, 0.3) is 0 Å². The van der Waals surface area contributed by atoms with Crippen molar-refractivity contribution in [3.63, 3.8) is 0 Å². The predicted molar refractivity (Wildman–Crippen MR) is 106 cm³/mol. The first-order chi connectivity index (χ1) is 12.0. The number of rotatable bonds is 1. The molecular formula is C19H17N5S. The van der Waals surface area contributed by atoms with Crippen molar-refractivity contribution < 1.29 is 0 Å². The molecule has 0 unspecified atom stereocenters. The predicted octanol–water partition coefficient (Wildman–Crippen LogP) is 4.09. The SMILES string of the molecule is Cc1ccc2c(c1C)C(=C1SC(Nc3ccccc3)=NC1=N)NC2=N. The topological polar surface area (TPSA) is 84.1 Å². The van der Waals surface area contributed by atoms with E-state index in [0.29, 0.717) is 11.0 Å². The number of nitrogens with one attached hydrogen (secondary N) is 4. The molecule has 0 aromatic heterocycles. The Hall–Kier alpha value is -2.86. The Balaban J connectivity index is 1.72. The molecule has 0 atom stereocenters. The van der Waals surface area contributed by atoms with E-state index in [4.69, 9.17) is 10.8 Å². The van der Waals surface area contributed by atoms with Gasteiger partial charge in [-0.2, -0.15) is 0 Å². The van der Waals surface area contributed by atoms with Gasteiger partial charge in [0.15, 0.2) is 11.0 Å². The Labute approximate surface area is 150 Å². The van der Waals surface area contributed by atoms with Gasteiger partial charge < -0.3 is 10.6 Å². The highest BCUT2D eigenvalue weighted by Crippen LogP contribution is 2.38. The van der Waals surface area contributed by atoms with Gasteiger partial charge >= 0.3 is 0 Å². The van der Waals surface area contributed by atoms with Crippen LogP contribution in [0.25, 0.3) is 5.70 Å². The molecule has 124 valence electrons. The summed E-state index contributed by atoms with van der Waals surface area (Å²) in [6.07, 6.45) is 0. The number of aliphatic imine (C=N–C) groups is 1. The molecule has 2 aliphatic rings. The minimum absolute atomic E-state index is 0.215. The Bertz CT molecular complexity index is 973. The molecule has 0 radical (unpaired) electrons. The molecule has 6 heteroatoms. The first-order valence-electron chi connectivity index (χ1n) is 7.93. The normalized spacial score (nSPS) is 18.9. The van der Waals surface area contributed by atoms with Crippen molar-refractivity contribution in [3.05, 3.63) is 69.6 Å². The van der Waals surface area contributed by atoms with E-state index >= 15 is 0 Å². The van der Waals surface area contributed by atoms with Crippen LogP contribution in [0.15, 0.2) is 52.4 Å². The molecule has 2 aliphatic heterocycles. The van der Waals surface area contributed by atoms with Gasteiger partial charge in [0.05, 0.1) is 10.6 Å². The van der Waals surface area contributed by atoms with E-state index in [1.807, 2.05) is 42.5 Å². The smallest absolute Gasteiger partial charge is 0.173 e. The van der Waals surface area contributed by atoms with Crippen LogP contribution in [0.1, 0.15) is 22.3 Å². The Kier molecular flexibility index (Phi) is 3.69. The fourth-order valence-electron chi connectivity index (χ4n) is 2.96. The number of para-hydroxylation sites is 1. The van der Waals surface area contributed by atoms with Crippen LogP contribution in [-0.2, 0) is 0 Å². The zero-order valence-electron chi connectivity index (χ0n) is 13.9. The van der Waals surface area contributed by atoms with E-state index in [-0.39, 0.29) is 5.84 Å². The van der Waals surface area contributed by atoms with E-state index in [0.717, 1.165) is 33.0 Å². The second-order valence-corrected chi connectivity index (χ2v) is 6.99. The maximum Gasteiger partial charge on any atom is 0.173 e. The molecule has 4 rings (SSSR count). The lowest BCUT2D eigenvalue weighted by Gasteiger charge is -2.10. The van der Waals surface area contributed by atoms with Crippen LogP contribution < -0.4 is 10.6 Å². The molecule has 5 nitrogen and oxygen atoms in total. The first-order valence-corrected chi connectivity index (χ1v) is 8.74. The van der Waals surface area contributed by atoms with Gasteiger partial charge in [-0.15, -0.1) is 0 Å². The summed E-state index contributed by atoms with van der Waals surface area (Å²) in [6.45, 7) is 4.12. The fraction of sp³-hybridized carbons (Fsp3) is 0.105. The second kappa shape index (κ2) is 5.89. The standard InChI is InChI=1S/C19H17N5S/c1-10-8-9-13-14(11(10)2)15(23-17(13)20)16-18(21)24-19(25-16)22-12-6-4-3-5-7-12/h3-9H,1-2H3,(H2,20,23)(H2,21,22,24). The molecule has 0 spiro atoms. The first kappa shape index (κ1) is 15.7. The average molecular weight is 347 g/mol. The van der Waals surface area contributed by atoms with Crippen molar-refractivity contribution in [1.82, 2.24) is 5.32 Å². The highest BCUT2D eigenvalue weighted by Gasteiger charge is 2.31. The van der Waals surface area contributed by atoms with Gasteiger partial charge in [0, 0.05) is 16.8 Å². The van der Waals surface area contributed by atoms with Crippen LogP contribution in [0.2, 0.25) is 0 Å². The average Bonchev–Trinajstić information content (AvgIpc) is 3.12. The summed E-state index contributed by atoms with van der Waals surface area (Å²) in [5, 5.41) is 23.5. The van der Waals surface area contributed by atoms with Crippen molar-refractivity contribution >= 4 is 40.0 Å². The summed E-state index contributed by atoms with van der Waals surface area (Å²) in [4.78, 5) is 5.09. The summed E-state index contributed by atoms with van der Waals surface area (Å²) in [7, 11) is 0. The number of hydrogen-bond donors (Lipinski definition) is 4.